The molecule has 2 rings (SSSR count). The van der Waals surface area contributed by atoms with Gasteiger partial charge in [-0.1, -0.05) is 29.6 Å². The molecular weight excluding hydrogens is 164 g/mol. The van der Waals surface area contributed by atoms with Gasteiger partial charge in [0.15, 0.2) is 0 Å². The molecule has 0 radical (unpaired) electrons. The molecule has 1 aliphatic carbocycles. The molecule has 2 bridgehead atoms. The summed E-state index contributed by atoms with van der Waals surface area (Å²) >= 11 is 1.80. The minimum atomic E-state index is 1.22. The van der Waals surface area contributed by atoms with Gasteiger partial charge in [-0.15, -0.1) is 0 Å². The van der Waals surface area contributed by atoms with Crippen molar-refractivity contribution in [3.05, 3.63) is 51.0 Å². The number of allylic oxidation sites excluding steroid dienone is 6. The second kappa shape index (κ2) is 2.85. The molecule has 0 nitrogen and oxygen atoms in total. The summed E-state index contributed by atoms with van der Waals surface area (Å²) in [4.78, 5) is 2.60. The van der Waals surface area contributed by atoms with Gasteiger partial charge in [0.05, 0.1) is 4.91 Å². The van der Waals surface area contributed by atoms with Crippen LogP contribution in [0.25, 0.3) is 0 Å². The van der Waals surface area contributed by atoms with E-state index in [0.717, 1.165) is 0 Å². The molecule has 0 aromatic carbocycles. The van der Waals surface area contributed by atoms with E-state index in [2.05, 4.69) is 43.9 Å². The van der Waals surface area contributed by atoms with E-state index < -0.39 is 0 Å². The molecule has 0 atom stereocenters. The largest absolute Gasteiger partial charge is 0.0973 e. The van der Waals surface area contributed by atoms with Crippen LogP contribution >= 0.6 is 11.8 Å². The van der Waals surface area contributed by atoms with Crippen molar-refractivity contribution in [1.29, 1.82) is 0 Å². The Bertz CT molecular complexity index is 372. The first kappa shape index (κ1) is 7.72. The minimum Gasteiger partial charge on any atom is -0.0973 e. The Kier molecular flexibility index (Phi) is 1.84. The Hall–Kier alpha value is -0.910. The summed E-state index contributed by atoms with van der Waals surface area (Å²) in [7, 11) is 0. The molecule has 0 aromatic heterocycles. The highest BCUT2D eigenvalue weighted by molar-refractivity contribution is 8.06. The Labute approximate surface area is 77.1 Å². The predicted octanol–water partition coefficient (Wildman–Crippen LogP) is 3.56. The zero-order chi connectivity index (χ0) is 8.55. The van der Waals surface area contributed by atoms with Crippen LogP contribution in [0, 0.1) is 0 Å². The number of rotatable bonds is 0. The lowest BCUT2D eigenvalue weighted by atomic mass is 10.1. The number of thioether (sulfide) groups is 1. The van der Waals surface area contributed by atoms with Crippen LogP contribution < -0.4 is 0 Å². The van der Waals surface area contributed by atoms with Crippen molar-refractivity contribution >= 4 is 11.8 Å². The summed E-state index contributed by atoms with van der Waals surface area (Å²) < 4.78 is 0. The molecule has 1 aliphatic heterocycles. The van der Waals surface area contributed by atoms with E-state index in [1.54, 1.807) is 11.8 Å². The maximum absolute atomic E-state index is 3.36. The third-order valence-electron chi connectivity index (χ3n) is 2.07. The third kappa shape index (κ3) is 1.22. The van der Waals surface area contributed by atoms with Crippen LogP contribution in [0.1, 0.15) is 13.8 Å². The fraction of sp³-hybridized carbons (Fsp3) is 0.182. The van der Waals surface area contributed by atoms with Crippen molar-refractivity contribution < 1.29 is 0 Å². The standard InChI is InChI=1S/C11H10S/c1-8-9(2)12-11-6-4-3-5-10(8)7-11/h3-6H,1-2H3. The van der Waals surface area contributed by atoms with E-state index in [0.29, 0.717) is 0 Å². The van der Waals surface area contributed by atoms with Crippen molar-refractivity contribution in [2.45, 2.75) is 13.8 Å². The van der Waals surface area contributed by atoms with Gasteiger partial charge in [0.1, 0.15) is 0 Å². The van der Waals surface area contributed by atoms with Crippen molar-refractivity contribution in [1.82, 2.24) is 0 Å². The van der Waals surface area contributed by atoms with Crippen molar-refractivity contribution in [2.75, 3.05) is 0 Å². The fourth-order valence-corrected chi connectivity index (χ4v) is 2.12. The van der Waals surface area contributed by atoms with Crippen LogP contribution in [0.2, 0.25) is 0 Å². The van der Waals surface area contributed by atoms with Crippen LogP contribution in [0.4, 0.5) is 0 Å². The van der Waals surface area contributed by atoms with Crippen LogP contribution in [-0.4, -0.2) is 0 Å². The molecule has 0 amide bonds. The zero-order valence-corrected chi connectivity index (χ0v) is 8.03. The van der Waals surface area contributed by atoms with Gasteiger partial charge >= 0.3 is 0 Å². The van der Waals surface area contributed by atoms with E-state index in [4.69, 9.17) is 0 Å². The summed E-state index contributed by atoms with van der Waals surface area (Å²) in [6.07, 6.45) is 8.35. The highest BCUT2D eigenvalue weighted by atomic mass is 32.2. The number of hydrogen-bond acceptors (Lipinski definition) is 1. The van der Waals surface area contributed by atoms with Gasteiger partial charge in [-0.05, 0) is 36.5 Å². The third-order valence-corrected chi connectivity index (χ3v) is 3.15. The van der Waals surface area contributed by atoms with Gasteiger partial charge in [-0.25, -0.2) is 0 Å². The molecule has 0 unspecified atom stereocenters. The van der Waals surface area contributed by atoms with Crippen LogP contribution in [-0.2, 0) is 0 Å². The molecule has 0 saturated carbocycles. The Morgan fingerprint density at radius 1 is 1.17 bits per heavy atom. The maximum atomic E-state index is 3.36. The maximum Gasteiger partial charge on any atom is 0.0544 e. The summed E-state index contributed by atoms with van der Waals surface area (Å²) in [5.41, 5.74) is 5.94. The molecular formula is C11H10S. The monoisotopic (exact) mass is 174 g/mol. The molecule has 1 heteroatoms. The van der Waals surface area contributed by atoms with Gasteiger partial charge in [-0.3, -0.25) is 0 Å². The van der Waals surface area contributed by atoms with Gasteiger partial charge in [0.25, 0.3) is 0 Å². The van der Waals surface area contributed by atoms with Gasteiger partial charge in [0.2, 0.25) is 0 Å². The van der Waals surface area contributed by atoms with E-state index >= 15 is 0 Å². The highest BCUT2D eigenvalue weighted by Crippen LogP contribution is 2.35. The first-order valence-corrected chi connectivity index (χ1v) is 4.80. The highest BCUT2D eigenvalue weighted by Gasteiger charge is 2.09. The lowest BCUT2D eigenvalue weighted by Crippen LogP contribution is -1.88. The van der Waals surface area contributed by atoms with Crippen LogP contribution in [0.15, 0.2) is 51.0 Å². The first-order chi connectivity index (χ1) is 5.77. The SMILES string of the molecule is CC1=C(C)C2=C=C(C=CC=C2)S1. The van der Waals surface area contributed by atoms with E-state index in [-0.39, 0.29) is 0 Å². The first-order valence-electron chi connectivity index (χ1n) is 3.99. The van der Waals surface area contributed by atoms with Crippen molar-refractivity contribution in [3.8, 4) is 0 Å². The van der Waals surface area contributed by atoms with Crippen LogP contribution in [0.5, 0.6) is 0 Å². The topological polar surface area (TPSA) is 0 Å². The predicted molar refractivity (Wildman–Crippen MR) is 54.8 cm³/mol. The molecule has 1 heterocycles. The molecule has 0 N–H and O–H groups in total. The Morgan fingerprint density at radius 3 is 2.75 bits per heavy atom. The molecule has 0 aromatic rings. The summed E-state index contributed by atoms with van der Waals surface area (Å²) in [5, 5.41) is 0. The second-order valence-corrected chi connectivity index (χ2v) is 4.16. The van der Waals surface area contributed by atoms with Gasteiger partial charge in [0, 0.05) is 5.57 Å². The molecule has 0 spiro atoms. The molecule has 60 valence electrons. The molecule has 2 aliphatic rings. The van der Waals surface area contributed by atoms with Crippen molar-refractivity contribution in [2.24, 2.45) is 0 Å². The van der Waals surface area contributed by atoms with Gasteiger partial charge < -0.3 is 0 Å². The minimum absolute atomic E-state index is 1.22. The Balaban J connectivity index is 2.59. The lowest BCUT2D eigenvalue weighted by molar-refractivity contribution is 1.38. The van der Waals surface area contributed by atoms with E-state index in [9.17, 15) is 0 Å². The molecule has 12 heavy (non-hydrogen) atoms. The average Bonchev–Trinajstić information content (AvgIpc) is 2.24. The van der Waals surface area contributed by atoms with Crippen molar-refractivity contribution in [3.63, 3.8) is 0 Å². The van der Waals surface area contributed by atoms with E-state index in [1.165, 1.54) is 21.0 Å². The molecule has 0 fully saturated rings. The normalized spacial score (nSPS) is 20.5. The Morgan fingerprint density at radius 2 is 1.92 bits per heavy atom. The fourth-order valence-electron chi connectivity index (χ4n) is 1.22. The van der Waals surface area contributed by atoms with E-state index in [1.807, 2.05) is 0 Å². The van der Waals surface area contributed by atoms with Gasteiger partial charge in [-0.2, -0.15) is 0 Å². The summed E-state index contributed by atoms with van der Waals surface area (Å²) in [6, 6.07) is 0. The summed E-state index contributed by atoms with van der Waals surface area (Å²) in [5.74, 6) is 0. The average molecular weight is 174 g/mol. The lowest BCUT2D eigenvalue weighted by Gasteiger charge is -2.10. The zero-order valence-electron chi connectivity index (χ0n) is 7.22. The number of hydrogen-bond donors (Lipinski definition) is 0. The molecule has 0 saturated heterocycles. The quantitative estimate of drug-likeness (QED) is 0.506. The van der Waals surface area contributed by atoms with Crippen LogP contribution in [0.3, 0.4) is 0 Å². The second-order valence-electron chi connectivity index (χ2n) is 2.90. The smallest absolute Gasteiger partial charge is 0.0544 e. The summed E-state index contributed by atoms with van der Waals surface area (Å²) in [6.45, 7) is 4.31.